The lowest BCUT2D eigenvalue weighted by Crippen LogP contribution is -2.31. The van der Waals surface area contributed by atoms with Crippen molar-refractivity contribution in [3.63, 3.8) is 0 Å². The van der Waals surface area contributed by atoms with Crippen LogP contribution in [-0.2, 0) is 14.3 Å². The number of hydrogen-bond acceptors (Lipinski definition) is 8. The molecule has 2 heterocycles. The van der Waals surface area contributed by atoms with Crippen LogP contribution in [0.3, 0.4) is 0 Å². The lowest BCUT2D eigenvalue weighted by Gasteiger charge is -2.27. The van der Waals surface area contributed by atoms with Gasteiger partial charge in [-0.2, -0.15) is 0 Å². The number of hydrogen-bond donors (Lipinski definition) is 1. The number of nitrogens with zero attached hydrogens (tertiary/aromatic N) is 1. The van der Waals surface area contributed by atoms with Crippen LogP contribution in [0.2, 0.25) is 0 Å². The normalized spacial score (nSPS) is 18.8. The summed E-state index contributed by atoms with van der Waals surface area (Å²) in [6.45, 7) is 1.49. The van der Waals surface area contributed by atoms with Gasteiger partial charge >= 0.3 is 0 Å². The van der Waals surface area contributed by atoms with Crippen molar-refractivity contribution in [1.82, 2.24) is 4.90 Å². The molecule has 9 heteroatoms. The van der Waals surface area contributed by atoms with Gasteiger partial charge in [-0.1, -0.05) is 0 Å². The predicted molar refractivity (Wildman–Crippen MR) is 122 cm³/mol. The second-order valence-electron chi connectivity index (χ2n) is 7.81. The third kappa shape index (κ3) is 4.26. The number of fused-ring (bicyclic) bond motifs is 1. The van der Waals surface area contributed by atoms with Crippen LogP contribution in [0.4, 0.5) is 0 Å². The highest BCUT2D eigenvalue weighted by atomic mass is 16.6. The zero-order valence-electron chi connectivity index (χ0n) is 19.3. The Labute approximate surface area is 197 Å². The molecular weight excluding hydrogens is 442 g/mol. The summed E-state index contributed by atoms with van der Waals surface area (Å²) in [5.74, 6) is 0.234. The average molecular weight is 469 g/mol. The zero-order valence-corrected chi connectivity index (χ0v) is 19.3. The molecule has 0 saturated carbocycles. The van der Waals surface area contributed by atoms with E-state index in [1.54, 1.807) is 43.5 Å². The highest BCUT2D eigenvalue weighted by Gasteiger charge is 2.47. The fraction of sp³-hybridized carbons (Fsp3) is 0.360. The molecule has 1 amide bonds. The van der Waals surface area contributed by atoms with E-state index in [1.807, 2.05) is 0 Å². The fourth-order valence-corrected chi connectivity index (χ4v) is 4.20. The van der Waals surface area contributed by atoms with Gasteiger partial charge in [0.15, 0.2) is 11.5 Å². The van der Waals surface area contributed by atoms with E-state index in [0.717, 1.165) is 0 Å². The number of carbonyl (C=O) groups is 2. The highest BCUT2D eigenvalue weighted by Crippen LogP contribution is 2.44. The van der Waals surface area contributed by atoms with Crippen molar-refractivity contribution < 1.29 is 38.4 Å². The monoisotopic (exact) mass is 469 g/mol. The van der Waals surface area contributed by atoms with Crippen LogP contribution in [0.25, 0.3) is 5.76 Å². The number of benzene rings is 2. The molecule has 4 rings (SSSR count). The summed E-state index contributed by atoms with van der Waals surface area (Å²) in [7, 11) is 4.60. The summed E-state index contributed by atoms with van der Waals surface area (Å²) in [6.07, 6.45) is 0.516. The SMILES string of the molecule is COCCCN1C(=O)C(=O)/C(=C(/O)c2ccc3c(c2)OCCO3)C1c1ccc(OC)cc1OC. The van der Waals surface area contributed by atoms with Crippen LogP contribution in [0.5, 0.6) is 23.0 Å². The van der Waals surface area contributed by atoms with Gasteiger partial charge in [0.25, 0.3) is 11.7 Å². The van der Waals surface area contributed by atoms with E-state index in [1.165, 1.54) is 19.1 Å². The summed E-state index contributed by atoms with van der Waals surface area (Å²) < 4.78 is 27.1. The molecule has 1 N–H and O–H groups in total. The van der Waals surface area contributed by atoms with Crippen molar-refractivity contribution in [3.8, 4) is 23.0 Å². The van der Waals surface area contributed by atoms with Gasteiger partial charge < -0.3 is 33.7 Å². The molecule has 9 nitrogen and oxygen atoms in total. The lowest BCUT2D eigenvalue weighted by atomic mass is 9.94. The summed E-state index contributed by atoms with van der Waals surface area (Å²) in [5.41, 5.74) is 0.873. The zero-order chi connectivity index (χ0) is 24.2. The summed E-state index contributed by atoms with van der Waals surface area (Å²) >= 11 is 0. The number of aliphatic hydroxyl groups excluding tert-OH is 1. The van der Waals surface area contributed by atoms with Gasteiger partial charge in [0.2, 0.25) is 0 Å². The molecular formula is C25H27NO8. The van der Waals surface area contributed by atoms with E-state index in [2.05, 4.69) is 0 Å². The molecule has 1 atom stereocenters. The van der Waals surface area contributed by atoms with Crippen molar-refractivity contribution in [1.29, 1.82) is 0 Å². The molecule has 1 fully saturated rings. The van der Waals surface area contributed by atoms with E-state index < -0.39 is 17.7 Å². The van der Waals surface area contributed by atoms with Crippen molar-refractivity contribution in [2.24, 2.45) is 0 Å². The Balaban J connectivity index is 1.85. The summed E-state index contributed by atoms with van der Waals surface area (Å²) in [5, 5.41) is 11.3. The van der Waals surface area contributed by atoms with Gasteiger partial charge in [0, 0.05) is 37.5 Å². The van der Waals surface area contributed by atoms with Crippen LogP contribution < -0.4 is 18.9 Å². The molecule has 2 aromatic carbocycles. The Bertz CT molecular complexity index is 1130. The largest absolute Gasteiger partial charge is 0.507 e. The molecule has 0 aliphatic carbocycles. The van der Waals surface area contributed by atoms with E-state index in [0.29, 0.717) is 60.4 Å². The standard InChI is InChI=1S/C25H27NO8/c1-30-10-4-9-26-22(17-7-6-16(31-2)14-19(17)32-3)21(24(28)25(26)29)23(27)15-5-8-18-20(13-15)34-12-11-33-18/h5-8,13-14,22,27H,4,9-12H2,1-3H3/b23-21+. The molecule has 34 heavy (non-hydrogen) atoms. The first-order valence-electron chi connectivity index (χ1n) is 10.9. The number of carbonyl (C=O) groups excluding carboxylic acids is 2. The van der Waals surface area contributed by atoms with E-state index in [4.69, 9.17) is 23.7 Å². The number of rotatable bonds is 8. The molecule has 0 bridgehead atoms. The minimum atomic E-state index is -0.856. The molecule has 1 unspecified atom stereocenters. The van der Waals surface area contributed by atoms with Crippen LogP contribution >= 0.6 is 0 Å². The Morgan fingerprint density at radius 1 is 1.03 bits per heavy atom. The molecule has 0 spiro atoms. The minimum absolute atomic E-state index is 0.0254. The number of aliphatic hydroxyl groups is 1. The molecule has 2 aromatic rings. The first-order valence-corrected chi connectivity index (χ1v) is 10.9. The Morgan fingerprint density at radius 3 is 2.50 bits per heavy atom. The second kappa shape index (κ2) is 10.0. The van der Waals surface area contributed by atoms with Crippen molar-refractivity contribution in [2.75, 3.05) is 47.7 Å². The summed E-state index contributed by atoms with van der Waals surface area (Å²) in [6, 6.07) is 9.17. The fourth-order valence-electron chi connectivity index (χ4n) is 4.20. The van der Waals surface area contributed by atoms with Crippen LogP contribution in [0.15, 0.2) is 42.0 Å². The van der Waals surface area contributed by atoms with Crippen molar-refractivity contribution in [2.45, 2.75) is 12.5 Å². The Morgan fingerprint density at radius 2 is 1.79 bits per heavy atom. The first kappa shape index (κ1) is 23.4. The molecule has 0 aromatic heterocycles. The highest BCUT2D eigenvalue weighted by molar-refractivity contribution is 6.46. The lowest BCUT2D eigenvalue weighted by molar-refractivity contribution is -0.140. The molecule has 2 aliphatic rings. The van der Waals surface area contributed by atoms with Crippen LogP contribution in [-0.4, -0.2) is 69.4 Å². The maximum absolute atomic E-state index is 13.2. The van der Waals surface area contributed by atoms with Gasteiger partial charge in [0.05, 0.1) is 25.8 Å². The van der Waals surface area contributed by atoms with Crippen molar-refractivity contribution in [3.05, 3.63) is 53.1 Å². The van der Waals surface area contributed by atoms with Crippen LogP contribution in [0.1, 0.15) is 23.6 Å². The second-order valence-corrected chi connectivity index (χ2v) is 7.81. The maximum Gasteiger partial charge on any atom is 0.295 e. The van der Waals surface area contributed by atoms with E-state index in [-0.39, 0.29) is 17.9 Å². The van der Waals surface area contributed by atoms with Gasteiger partial charge in [-0.3, -0.25) is 9.59 Å². The van der Waals surface area contributed by atoms with Gasteiger partial charge in [0.1, 0.15) is 30.5 Å². The maximum atomic E-state index is 13.2. The topological polar surface area (TPSA) is 104 Å². The van der Waals surface area contributed by atoms with E-state index in [9.17, 15) is 14.7 Å². The molecule has 1 saturated heterocycles. The smallest absolute Gasteiger partial charge is 0.295 e. The number of Topliss-reactive ketones (excluding diaryl/α,β-unsaturated/α-hetero) is 1. The number of ether oxygens (including phenoxy) is 5. The predicted octanol–water partition coefficient (Wildman–Crippen LogP) is 2.93. The number of amides is 1. The third-order valence-electron chi connectivity index (χ3n) is 5.84. The number of ketones is 1. The number of likely N-dealkylation sites (tertiary alicyclic amines) is 1. The van der Waals surface area contributed by atoms with Gasteiger partial charge in [-0.15, -0.1) is 0 Å². The average Bonchev–Trinajstić information content (AvgIpc) is 3.12. The Hall–Kier alpha value is -3.72. The molecule has 2 aliphatic heterocycles. The number of methoxy groups -OCH3 is 3. The Kier molecular flexibility index (Phi) is 6.93. The summed E-state index contributed by atoms with van der Waals surface area (Å²) in [4.78, 5) is 27.7. The quantitative estimate of drug-likeness (QED) is 0.272. The van der Waals surface area contributed by atoms with Gasteiger partial charge in [-0.05, 0) is 36.8 Å². The van der Waals surface area contributed by atoms with Gasteiger partial charge in [-0.25, -0.2) is 0 Å². The van der Waals surface area contributed by atoms with E-state index >= 15 is 0 Å². The molecule has 180 valence electrons. The third-order valence-corrected chi connectivity index (χ3v) is 5.84. The minimum Gasteiger partial charge on any atom is -0.507 e. The van der Waals surface area contributed by atoms with Crippen molar-refractivity contribution >= 4 is 17.4 Å². The molecule has 0 radical (unpaired) electrons. The first-order chi connectivity index (χ1) is 16.5. The van der Waals surface area contributed by atoms with Crippen LogP contribution in [0, 0.1) is 0 Å².